The quantitative estimate of drug-likeness (QED) is 0.732. The van der Waals surface area contributed by atoms with Crippen LogP contribution in [0.3, 0.4) is 0 Å². The summed E-state index contributed by atoms with van der Waals surface area (Å²) in [6.45, 7) is 2.04. The van der Waals surface area contributed by atoms with Crippen LogP contribution in [0, 0.1) is 5.92 Å². The molecular formula is C17H24O. The Morgan fingerprint density at radius 2 is 1.83 bits per heavy atom. The molecule has 1 unspecified atom stereocenters. The second-order valence-corrected chi connectivity index (χ2v) is 5.64. The van der Waals surface area contributed by atoms with E-state index in [1.165, 1.54) is 32.1 Å². The number of carbonyl (C=O) groups is 1. The average Bonchev–Trinajstić information content (AvgIpc) is 2.46. The minimum atomic E-state index is 0.0646. The van der Waals surface area contributed by atoms with Gasteiger partial charge in [0.2, 0.25) is 0 Å². The lowest BCUT2D eigenvalue weighted by Crippen LogP contribution is -2.13. The molecular weight excluding hydrogens is 220 g/mol. The Labute approximate surface area is 111 Å². The van der Waals surface area contributed by atoms with Gasteiger partial charge in [-0.2, -0.15) is 0 Å². The summed E-state index contributed by atoms with van der Waals surface area (Å²) in [5.41, 5.74) is 1.16. The van der Waals surface area contributed by atoms with Crippen molar-refractivity contribution in [2.24, 2.45) is 5.92 Å². The second-order valence-electron chi connectivity index (χ2n) is 5.64. The molecule has 1 atom stereocenters. The highest BCUT2D eigenvalue weighted by Gasteiger charge is 2.18. The zero-order valence-corrected chi connectivity index (χ0v) is 11.4. The first-order valence-electron chi connectivity index (χ1n) is 7.35. The monoisotopic (exact) mass is 244 g/mol. The molecule has 2 rings (SSSR count). The SMILES string of the molecule is CC(C(=O)CCC1CCCCC1)c1ccccc1. The van der Waals surface area contributed by atoms with Crippen LogP contribution in [0.25, 0.3) is 0 Å². The van der Waals surface area contributed by atoms with Crippen molar-refractivity contribution < 1.29 is 4.79 Å². The van der Waals surface area contributed by atoms with Gasteiger partial charge in [0.1, 0.15) is 5.78 Å². The maximum absolute atomic E-state index is 12.2. The third-order valence-electron chi connectivity index (χ3n) is 4.31. The van der Waals surface area contributed by atoms with Gasteiger partial charge in [-0.25, -0.2) is 0 Å². The Hall–Kier alpha value is -1.11. The van der Waals surface area contributed by atoms with Crippen molar-refractivity contribution in [3.63, 3.8) is 0 Å². The fourth-order valence-corrected chi connectivity index (χ4v) is 2.97. The first kappa shape index (κ1) is 13.3. The first-order chi connectivity index (χ1) is 8.77. The Kier molecular flexibility index (Phi) is 4.98. The highest BCUT2D eigenvalue weighted by atomic mass is 16.1. The lowest BCUT2D eigenvalue weighted by Gasteiger charge is -2.21. The minimum Gasteiger partial charge on any atom is -0.299 e. The van der Waals surface area contributed by atoms with E-state index in [0.29, 0.717) is 5.78 Å². The molecule has 1 saturated carbocycles. The summed E-state index contributed by atoms with van der Waals surface area (Å²) < 4.78 is 0. The molecule has 0 aromatic heterocycles. The number of hydrogen-bond donors (Lipinski definition) is 0. The Morgan fingerprint density at radius 3 is 2.50 bits per heavy atom. The Balaban J connectivity index is 1.80. The second kappa shape index (κ2) is 6.72. The van der Waals surface area contributed by atoms with Crippen LogP contribution >= 0.6 is 0 Å². The van der Waals surface area contributed by atoms with Crippen LogP contribution in [-0.2, 0) is 4.79 Å². The zero-order valence-electron chi connectivity index (χ0n) is 11.4. The van der Waals surface area contributed by atoms with Gasteiger partial charge in [0, 0.05) is 12.3 Å². The summed E-state index contributed by atoms with van der Waals surface area (Å²) in [4.78, 5) is 12.2. The molecule has 0 amide bonds. The molecule has 0 spiro atoms. The maximum Gasteiger partial charge on any atom is 0.140 e. The van der Waals surface area contributed by atoms with E-state index < -0.39 is 0 Å². The molecule has 1 aliphatic rings. The van der Waals surface area contributed by atoms with E-state index in [2.05, 4.69) is 12.1 Å². The third-order valence-corrected chi connectivity index (χ3v) is 4.31. The summed E-state index contributed by atoms with van der Waals surface area (Å²) in [5, 5.41) is 0. The van der Waals surface area contributed by atoms with Crippen molar-refractivity contribution in [1.82, 2.24) is 0 Å². The fourth-order valence-electron chi connectivity index (χ4n) is 2.97. The number of carbonyl (C=O) groups excluding carboxylic acids is 1. The molecule has 0 saturated heterocycles. The third kappa shape index (κ3) is 3.69. The molecule has 1 fully saturated rings. The molecule has 1 aromatic rings. The zero-order chi connectivity index (χ0) is 12.8. The summed E-state index contributed by atoms with van der Waals surface area (Å²) in [6.07, 6.45) is 8.68. The molecule has 1 aromatic carbocycles. The van der Waals surface area contributed by atoms with Crippen molar-refractivity contribution in [2.75, 3.05) is 0 Å². The van der Waals surface area contributed by atoms with Crippen molar-refractivity contribution in [3.05, 3.63) is 35.9 Å². The van der Waals surface area contributed by atoms with E-state index in [1.54, 1.807) is 0 Å². The van der Waals surface area contributed by atoms with Gasteiger partial charge in [-0.3, -0.25) is 4.79 Å². The molecule has 1 nitrogen and oxygen atoms in total. The molecule has 0 heterocycles. The van der Waals surface area contributed by atoms with Crippen LogP contribution in [0.5, 0.6) is 0 Å². The fraction of sp³-hybridized carbons (Fsp3) is 0.588. The van der Waals surface area contributed by atoms with Crippen LogP contribution < -0.4 is 0 Å². The van der Waals surface area contributed by atoms with Gasteiger partial charge in [0.25, 0.3) is 0 Å². The number of rotatable bonds is 5. The smallest absolute Gasteiger partial charge is 0.140 e. The molecule has 0 radical (unpaired) electrons. The van der Waals surface area contributed by atoms with Crippen molar-refractivity contribution in [1.29, 1.82) is 0 Å². The van der Waals surface area contributed by atoms with Gasteiger partial charge in [0.05, 0.1) is 0 Å². The van der Waals surface area contributed by atoms with E-state index in [4.69, 9.17) is 0 Å². The number of Topliss-reactive ketones (excluding diaryl/α,β-unsaturated/α-hetero) is 1. The lowest BCUT2D eigenvalue weighted by atomic mass is 9.84. The molecule has 1 heteroatoms. The first-order valence-corrected chi connectivity index (χ1v) is 7.35. The lowest BCUT2D eigenvalue weighted by molar-refractivity contribution is -0.120. The number of hydrogen-bond acceptors (Lipinski definition) is 1. The molecule has 18 heavy (non-hydrogen) atoms. The average molecular weight is 244 g/mol. The number of ketones is 1. The van der Waals surface area contributed by atoms with E-state index in [-0.39, 0.29) is 5.92 Å². The van der Waals surface area contributed by atoms with Gasteiger partial charge in [0.15, 0.2) is 0 Å². The van der Waals surface area contributed by atoms with Crippen molar-refractivity contribution in [3.8, 4) is 0 Å². The van der Waals surface area contributed by atoms with Crippen molar-refractivity contribution >= 4 is 5.78 Å². The Morgan fingerprint density at radius 1 is 1.17 bits per heavy atom. The van der Waals surface area contributed by atoms with Gasteiger partial charge >= 0.3 is 0 Å². The van der Waals surface area contributed by atoms with Crippen LogP contribution in [0.15, 0.2) is 30.3 Å². The van der Waals surface area contributed by atoms with E-state index in [0.717, 1.165) is 24.3 Å². The minimum absolute atomic E-state index is 0.0646. The van der Waals surface area contributed by atoms with Gasteiger partial charge in [-0.15, -0.1) is 0 Å². The van der Waals surface area contributed by atoms with E-state index in [1.807, 2.05) is 25.1 Å². The predicted molar refractivity (Wildman–Crippen MR) is 75.7 cm³/mol. The molecule has 1 aliphatic carbocycles. The van der Waals surface area contributed by atoms with Crippen LogP contribution in [0.2, 0.25) is 0 Å². The molecule has 0 N–H and O–H groups in total. The summed E-state index contributed by atoms with van der Waals surface area (Å²) in [7, 11) is 0. The van der Waals surface area contributed by atoms with Crippen LogP contribution in [0.1, 0.15) is 63.4 Å². The van der Waals surface area contributed by atoms with Gasteiger partial charge in [-0.1, -0.05) is 69.4 Å². The highest BCUT2D eigenvalue weighted by molar-refractivity contribution is 5.85. The van der Waals surface area contributed by atoms with Crippen LogP contribution in [0.4, 0.5) is 0 Å². The standard InChI is InChI=1S/C17H24O/c1-14(16-10-6-3-7-11-16)17(18)13-12-15-8-4-2-5-9-15/h3,6-7,10-11,14-15H,2,4-5,8-9,12-13H2,1H3. The topological polar surface area (TPSA) is 17.1 Å². The Bertz CT molecular complexity index is 362. The van der Waals surface area contributed by atoms with E-state index >= 15 is 0 Å². The summed E-state index contributed by atoms with van der Waals surface area (Å²) in [5.74, 6) is 1.28. The largest absolute Gasteiger partial charge is 0.299 e. The molecule has 0 aliphatic heterocycles. The molecule has 98 valence electrons. The highest BCUT2D eigenvalue weighted by Crippen LogP contribution is 2.28. The maximum atomic E-state index is 12.2. The van der Waals surface area contributed by atoms with Gasteiger partial charge in [-0.05, 0) is 17.9 Å². The van der Waals surface area contributed by atoms with Crippen molar-refractivity contribution in [2.45, 2.75) is 57.8 Å². The summed E-state index contributed by atoms with van der Waals surface area (Å²) in [6, 6.07) is 10.1. The number of benzene rings is 1. The van der Waals surface area contributed by atoms with Gasteiger partial charge < -0.3 is 0 Å². The normalized spacial score (nSPS) is 18.5. The molecule has 0 bridgehead atoms. The predicted octanol–water partition coefficient (Wildman–Crippen LogP) is 4.72. The van der Waals surface area contributed by atoms with Crippen LogP contribution in [-0.4, -0.2) is 5.78 Å². The summed E-state index contributed by atoms with van der Waals surface area (Å²) >= 11 is 0. The van der Waals surface area contributed by atoms with E-state index in [9.17, 15) is 4.79 Å².